The summed E-state index contributed by atoms with van der Waals surface area (Å²) >= 11 is 7.65. The molecule has 0 unspecified atom stereocenters. The van der Waals surface area contributed by atoms with Crippen molar-refractivity contribution in [2.75, 3.05) is 32.8 Å². The lowest BCUT2D eigenvalue weighted by Crippen LogP contribution is -2.42. The second-order valence-electron chi connectivity index (χ2n) is 10.4. The van der Waals surface area contributed by atoms with E-state index in [-0.39, 0.29) is 29.9 Å². The average molecular weight is 584 g/mol. The molecule has 2 aromatic carbocycles. The zero-order chi connectivity index (χ0) is 28.3. The summed E-state index contributed by atoms with van der Waals surface area (Å²) in [6.07, 6.45) is 3.00. The van der Waals surface area contributed by atoms with E-state index < -0.39 is 5.92 Å². The molecule has 0 saturated carbocycles. The second kappa shape index (κ2) is 15.4. The van der Waals surface area contributed by atoms with E-state index in [4.69, 9.17) is 16.3 Å². The maximum absolute atomic E-state index is 13.6. The first-order valence-electron chi connectivity index (χ1n) is 14.1. The number of aromatic nitrogens is 1. The predicted molar refractivity (Wildman–Crippen MR) is 160 cm³/mol. The van der Waals surface area contributed by atoms with Crippen LogP contribution in [0, 0.1) is 5.92 Å². The highest BCUT2D eigenvalue weighted by atomic mass is 35.5. The molecule has 7 nitrogen and oxygen atoms in total. The van der Waals surface area contributed by atoms with Gasteiger partial charge in [0.25, 0.3) is 0 Å². The third-order valence-corrected chi connectivity index (χ3v) is 8.58. The van der Waals surface area contributed by atoms with Gasteiger partial charge in [0, 0.05) is 62.8 Å². The number of Topliss-reactive ketones (excluding diaryl/α,β-unsaturated/α-hetero) is 2. The Bertz CT molecular complexity index is 1280. The molecule has 1 N–H and O–H groups in total. The van der Waals surface area contributed by atoms with Gasteiger partial charge in [-0.1, -0.05) is 48.9 Å². The summed E-state index contributed by atoms with van der Waals surface area (Å²) in [6, 6.07) is 15.3. The summed E-state index contributed by atoms with van der Waals surface area (Å²) in [7, 11) is 0. The number of halogens is 1. The van der Waals surface area contributed by atoms with Crippen LogP contribution in [0.5, 0.6) is 0 Å². The SMILES string of the molecule is CCC(=O)C[C@@H](Cc1nc2ccc(Cl)cc2s1)C(=O)N[C@H](CCC(=O)CCN1CCOCC1)Cc1ccccc1. The van der Waals surface area contributed by atoms with E-state index in [0.29, 0.717) is 56.8 Å². The molecule has 4 rings (SSSR count). The normalized spacial score (nSPS) is 15.6. The Morgan fingerprint density at radius 3 is 2.58 bits per heavy atom. The fourth-order valence-corrected chi connectivity index (χ4v) is 6.26. The smallest absolute Gasteiger partial charge is 0.224 e. The maximum atomic E-state index is 13.6. The van der Waals surface area contributed by atoms with Gasteiger partial charge in [-0.2, -0.15) is 0 Å². The Balaban J connectivity index is 1.42. The molecule has 1 aromatic heterocycles. The summed E-state index contributed by atoms with van der Waals surface area (Å²) in [5.41, 5.74) is 1.93. The monoisotopic (exact) mass is 583 g/mol. The average Bonchev–Trinajstić information content (AvgIpc) is 3.36. The molecule has 1 fully saturated rings. The van der Waals surface area contributed by atoms with Crippen LogP contribution in [0.4, 0.5) is 0 Å². The maximum Gasteiger partial charge on any atom is 0.224 e. The van der Waals surface area contributed by atoms with Gasteiger partial charge in [-0.25, -0.2) is 4.98 Å². The number of nitrogens with zero attached hydrogens (tertiary/aromatic N) is 2. The highest BCUT2D eigenvalue weighted by molar-refractivity contribution is 7.18. The molecule has 214 valence electrons. The number of rotatable bonds is 15. The van der Waals surface area contributed by atoms with Crippen molar-refractivity contribution in [1.82, 2.24) is 15.2 Å². The van der Waals surface area contributed by atoms with Gasteiger partial charge in [0.1, 0.15) is 11.6 Å². The summed E-state index contributed by atoms with van der Waals surface area (Å²) in [6.45, 7) is 5.71. The minimum absolute atomic E-state index is 0.0437. The van der Waals surface area contributed by atoms with Gasteiger partial charge >= 0.3 is 0 Å². The first-order chi connectivity index (χ1) is 19.4. The van der Waals surface area contributed by atoms with Gasteiger partial charge in [0.15, 0.2) is 0 Å². The molecule has 40 heavy (non-hydrogen) atoms. The van der Waals surface area contributed by atoms with E-state index in [1.807, 2.05) is 49.4 Å². The largest absolute Gasteiger partial charge is 0.379 e. The van der Waals surface area contributed by atoms with Gasteiger partial charge in [-0.15, -0.1) is 11.3 Å². The first kappa shape index (κ1) is 30.3. The van der Waals surface area contributed by atoms with Crippen molar-refractivity contribution in [1.29, 1.82) is 0 Å². The number of ether oxygens (including phenoxy) is 1. The van der Waals surface area contributed by atoms with E-state index in [0.717, 1.165) is 40.4 Å². The van der Waals surface area contributed by atoms with Crippen molar-refractivity contribution in [2.24, 2.45) is 5.92 Å². The molecule has 2 heterocycles. The number of morpholine rings is 1. The minimum atomic E-state index is -0.529. The summed E-state index contributed by atoms with van der Waals surface area (Å²) in [5.74, 6) is -0.452. The Hall–Kier alpha value is -2.65. The van der Waals surface area contributed by atoms with Gasteiger partial charge in [-0.3, -0.25) is 19.3 Å². The van der Waals surface area contributed by atoms with E-state index in [9.17, 15) is 14.4 Å². The van der Waals surface area contributed by atoms with Crippen LogP contribution >= 0.6 is 22.9 Å². The lowest BCUT2D eigenvalue weighted by molar-refractivity contribution is -0.130. The molecule has 9 heteroatoms. The minimum Gasteiger partial charge on any atom is -0.379 e. The third-order valence-electron chi connectivity index (χ3n) is 7.31. The van der Waals surface area contributed by atoms with E-state index in [2.05, 4.69) is 15.2 Å². The van der Waals surface area contributed by atoms with E-state index in [1.165, 1.54) is 11.3 Å². The molecule has 0 spiro atoms. The number of amides is 1. The number of ketones is 2. The van der Waals surface area contributed by atoms with Crippen LogP contribution in [0.15, 0.2) is 48.5 Å². The molecule has 1 aliphatic heterocycles. The van der Waals surface area contributed by atoms with Crippen molar-refractivity contribution in [3.63, 3.8) is 0 Å². The Kier molecular flexibility index (Phi) is 11.7. The molecule has 1 saturated heterocycles. The molecule has 0 aliphatic carbocycles. The van der Waals surface area contributed by atoms with Crippen LogP contribution in [-0.4, -0.2) is 66.2 Å². The first-order valence-corrected chi connectivity index (χ1v) is 15.3. The summed E-state index contributed by atoms with van der Waals surface area (Å²) in [4.78, 5) is 45.8. The molecular formula is C31H38ClN3O4S. The fourth-order valence-electron chi connectivity index (χ4n) is 4.93. The van der Waals surface area contributed by atoms with Gasteiger partial charge in [0.05, 0.1) is 34.4 Å². The van der Waals surface area contributed by atoms with Crippen LogP contribution in [0.25, 0.3) is 10.2 Å². The lowest BCUT2D eigenvalue weighted by atomic mass is 9.94. The number of thiazole rings is 1. The molecule has 3 aromatic rings. The topological polar surface area (TPSA) is 88.6 Å². The molecule has 2 atom stereocenters. The Morgan fingerprint density at radius 2 is 1.82 bits per heavy atom. The zero-order valence-electron chi connectivity index (χ0n) is 23.1. The molecule has 1 amide bonds. The number of benzene rings is 2. The van der Waals surface area contributed by atoms with Crippen molar-refractivity contribution in [2.45, 2.75) is 57.9 Å². The number of hydrogen-bond donors (Lipinski definition) is 1. The van der Waals surface area contributed by atoms with Crippen LogP contribution in [0.3, 0.4) is 0 Å². The number of fused-ring (bicyclic) bond motifs is 1. The number of hydrogen-bond acceptors (Lipinski definition) is 7. The van der Waals surface area contributed by atoms with Crippen LogP contribution in [0.2, 0.25) is 5.02 Å². The second-order valence-corrected chi connectivity index (χ2v) is 11.9. The number of carbonyl (C=O) groups is 3. The standard InChI is InChI=1S/C31H38ClN3O4S/c1-2-26(36)19-23(20-30-34-28-11-8-24(32)21-29(28)40-30)31(38)33-25(18-22-6-4-3-5-7-22)9-10-27(37)12-13-35-14-16-39-17-15-35/h3-8,11,21,23,25H,2,9-10,12-20H2,1H3,(H,33,38)/t23-,25+/m0/s1. The van der Waals surface area contributed by atoms with Crippen LogP contribution in [0.1, 0.15) is 49.6 Å². The lowest BCUT2D eigenvalue weighted by Gasteiger charge is -2.26. The van der Waals surface area contributed by atoms with Crippen molar-refractivity contribution < 1.29 is 19.1 Å². The van der Waals surface area contributed by atoms with Gasteiger partial charge < -0.3 is 10.1 Å². The Morgan fingerprint density at radius 1 is 1.05 bits per heavy atom. The molecular weight excluding hydrogens is 546 g/mol. The van der Waals surface area contributed by atoms with Crippen molar-refractivity contribution in [3.05, 3.63) is 64.1 Å². The van der Waals surface area contributed by atoms with Gasteiger partial charge in [-0.05, 0) is 36.6 Å². The fraction of sp³-hybridized carbons (Fsp3) is 0.484. The predicted octanol–water partition coefficient (Wildman–Crippen LogP) is 5.28. The molecule has 0 radical (unpaired) electrons. The van der Waals surface area contributed by atoms with Gasteiger partial charge in [0.2, 0.25) is 5.91 Å². The zero-order valence-corrected chi connectivity index (χ0v) is 24.6. The Labute approximate surface area is 245 Å². The highest BCUT2D eigenvalue weighted by Gasteiger charge is 2.26. The summed E-state index contributed by atoms with van der Waals surface area (Å²) in [5, 5.41) is 4.65. The number of nitrogens with one attached hydrogen (secondary N) is 1. The van der Waals surface area contributed by atoms with E-state index >= 15 is 0 Å². The van der Waals surface area contributed by atoms with Crippen molar-refractivity contribution >= 4 is 50.6 Å². The molecule has 0 bridgehead atoms. The quantitative estimate of drug-likeness (QED) is 0.262. The van der Waals surface area contributed by atoms with Crippen molar-refractivity contribution in [3.8, 4) is 0 Å². The van der Waals surface area contributed by atoms with Crippen LogP contribution < -0.4 is 5.32 Å². The van der Waals surface area contributed by atoms with E-state index in [1.54, 1.807) is 6.07 Å². The molecule has 1 aliphatic rings. The third kappa shape index (κ3) is 9.47. The summed E-state index contributed by atoms with van der Waals surface area (Å²) < 4.78 is 6.35. The number of carbonyl (C=O) groups excluding carboxylic acids is 3. The van der Waals surface area contributed by atoms with Crippen LogP contribution in [-0.2, 0) is 32.0 Å². The highest BCUT2D eigenvalue weighted by Crippen LogP contribution is 2.28.